The van der Waals surface area contributed by atoms with Gasteiger partial charge in [0.2, 0.25) is 0 Å². The first kappa shape index (κ1) is 17.6. The molecule has 3 nitrogen and oxygen atoms in total. The summed E-state index contributed by atoms with van der Waals surface area (Å²) in [5.74, 6) is 0. The van der Waals surface area contributed by atoms with Crippen LogP contribution in [-0.4, -0.2) is 15.5 Å². The normalized spacial score (nSPS) is 13.7. The van der Waals surface area contributed by atoms with Crippen molar-refractivity contribution in [1.82, 2.24) is 9.47 Å². The summed E-state index contributed by atoms with van der Waals surface area (Å²) in [5.41, 5.74) is 5.87. The molecule has 0 saturated heterocycles. The minimum atomic E-state index is 0.638. The van der Waals surface area contributed by atoms with E-state index >= 15 is 0 Å². The number of rotatable bonds is 7. The standard InChI is InChI=1S/C24H25N3/c1-19-8-10-20(11-9-19)16-26-14-4-7-24(26)18-27(23-12-13-23)17-22-6-3-2-5-21(22)15-25/h2-11,14,23H,12-13,16-18H2,1H3. The molecule has 1 fully saturated rings. The molecule has 1 aromatic heterocycles. The number of hydrogen-bond donors (Lipinski definition) is 0. The van der Waals surface area contributed by atoms with Crippen LogP contribution in [-0.2, 0) is 19.6 Å². The number of nitrogens with zero attached hydrogens (tertiary/aromatic N) is 3. The fourth-order valence-corrected chi connectivity index (χ4v) is 3.59. The Morgan fingerprint density at radius 2 is 1.78 bits per heavy atom. The van der Waals surface area contributed by atoms with E-state index in [4.69, 9.17) is 0 Å². The largest absolute Gasteiger partial charge is 0.346 e. The number of benzene rings is 2. The Morgan fingerprint density at radius 3 is 2.52 bits per heavy atom. The monoisotopic (exact) mass is 355 g/mol. The molecule has 2 aromatic carbocycles. The third-order valence-electron chi connectivity index (χ3n) is 5.34. The van der Waals surface area contributed by atoms with Crippen LogP contribution in [0.5, 0.6) is 0 Å². The number of nitriles is 1. The maximum atomic E-state index is 9.40. The summed E-state index contributed by atoms with van der Waals surface area (Å²) in [6.45, 7) is 4.78. The molecule has 0 aliphatic heterocycles. The first-order valence-electron chi connectivity index (χ1n) is 9.64. The minimum Gasteiger partial charge on any atom is -0.346 e. The topological polar surface area (TPSA) is 32.0 Å². The van der Waals surface area contributed by atoms with Crippen molar-refractivity contribution in [1.29, 1.82) is 5.26 Å². The van der Waals surface area contributed by atoms with Gasteiger partial charge in [-0.3, -0.25) is 4.90 Å². The van der Waals surface area contributed by atoms with Gasteiger partial charge in [-0.25, -0.2) is 0 Å². The molecule has 1 saturated carbocycles. The summed E-state index contributed by atoms with van der Waals surface area (Å²) in [7, 11) is 0. The molecule has 0 spiro atoms. The van der Waals surface area contributed by atoms with Crippen molar-refractivity contribution in [3.63, 3.8) is 0 Å². The highest BCUT2D eigenvalue weighted by Crippen LogP contribution is 2.30. The van der Waals surface area contributed by atoms with Gasteiger partial charge in [0.15, 0.2) is 0 Å². The van der Waals surface area contributed by atoms with Crippen LogP contribution >= 0.6 is 0 Å². The summed E-state index contributed by atoms with van der Waals surface area (Å²) < 4.78 is 2.34. The van der Waals surface area contributed by atoms with Crippen molar-refractivity contribution in [2.24, 2.45) is 0 Å². The second kappa shape index (κ2) is 7.82. The molecule has 1 aliphatic rings. The van der Waals surface area contributed by atoms with Gasteiger partial charge in [-0.05, 0) is 49.1 Å². The fourth-order valence-electron chi connectivity index (χ4n) is 3.59. The Labute approximate surface area is 161 Å². The van der Waals surface area contributed by atoms with Gasteiger partial charge in [-0.2, -0.15) is 5.26 Å². The third-order valence-corrected chi connectivity index (χ3v) is 5.34. The molecule has 0 amide bonds. The van der Waals surface area contributed by atoms with E-state index < -0.39 is 0 Å². The highest BCUT2D eigenvalue weighted by molar-refractivity contribution is 5.37. The van der Waals surface area contributed by atoms with Crippen molar-refractivity contribution in [3.8, 4) is 6.07 Å². The number of aromatic nitrogens is 1. The molecule has 3 aromatic rings. The number of aryl methyl sites for hydroxylation is 1. The SMILES string of the molecule is Cc1ccc(Cn2cccc2CN(Cc2ccccc2C#N)C2CC2)cc1. The quantitative estimate of drug-likeness (QED) is 0.605. The fraction of sp³-hybridized carbons (Fsp3) is 0.292. The molecule has 136 valence electrons. The van der Waals surface area contributed by atoms with E-state index in [-0.39, 0.29) is 0 Å². The predicted molar refractivity (Wildman–Crippen MR) is 108 cm³/mol. The van der Waals surface area contributed by atoms with E-state index in [0.717, 1.165) is 30.8 Å². The van der Waals surface area contributed by atoms with Crippen molar-refractivity contribution < 1.29 is 0 Å². The van der Waals surface area contributed by atoms with Crippen LogP contribution in [0.1, 0.15) is 40.8 Å². The lowest BCUT2D eigenvalue weighted by molar-refractivity contribution is 0.239. The van der Waals surface area contributed by atoms with E-state index in [1.807, 2.05) is 18.2 Å². The molecule has 0 bridgehead atoms. The molecule has 0 radical (unpaired) electrons. The van der Waals surface area contributed by atoms with Crippen LogP contribution in [0, 0.1) is 18.3 Å². The molecule has 3 heteroatoms. The van der Waals surface area contributed by atoms with Gasteiger partial charge < -0.3 is 4.57 Å². The zero-order valence-corrected chi connectivity index (χ0v) is 15.8. The van der Waals surface area contributed by atoms with Crippen LogP contribution in [0.2, 0.25) is 0 Å². The Kier molecular flexibility index (Phi) is 5.09. The summed E-state index contributed by atoms with van der Waals surface area (Å²) in [6, 6.07) is 24.1. The van der Waals surface area contributed by atoms with Gasteiger partial charge >= 0.3 is 0 Å². The second-order valence-electron chi connectivity index (χ2n) is 7.52. The van der Waals surface area contributed by atoms with E-state index in [2.05, 4.69) is 71.1 Å². The van der Waals surface area contributed by atoms with Crippen LogP contribution in [0.3, 0.4) is 0 Å². The van der Waals surface area contributed by atoms with Crippen molar-refractivity contribution >= 4 is 0 Å². The van der Waals surface area contributed by atoms with Gasteiger partial charge in [-0.15, -0.1) is 0 Å². The van der Waals surface area contributed by atoms with Crippen LogP contribution < -0.4 is 0 Å². The van der Waals surface area contributed by atoms with Gasteiger partial charge in [0, 0.05) is 37.6 Å². The maximum absolute atomic E-state index is 9.40. The summed E-state index contributed by atoms with van der Waals surface area (Å²) in [4.78, 5) is 2.52. The Balaban J connectivity index is 1.51. The molecular formula is C24H25N3. The Bertz CT molecular complexity index is 942. The molecule has 4 rings (SSSR count). The highest BCUT2D eigenvalue weighted by atomic mass is 15.2. The predicted octanol–water partition coefficient (Wildman–Crippen LogP) is 4.88. The highest BCUT2D eigenvalue weighted by Gasteiger charge is 2.29. The van der Waals surface area contributed by atoms with Gasteiger partial charge in [0.1, 0.15) is 0 Å². The third kappa shape index (κ3) is 4.30. The zero-order chi connectivity index (χ0) is 18.6. The van der Waals surface area contributed by atoms with E-state index in [1.165, 1.54) is 29.7 Å². The molecular weight excluding hydrogens is 330 g/mol. The van der Waals surface area contributed by atoms with Crippen LogP contribution in [0.4, 0.5) is 0 Å². The lowest BCUT2D eigenvalue weighted by Crippen LogP contribution is -2.26. The van der Waals surface area contributed by atoms with Crippen LogP contribution in [0.25, 0.3) is 0 Å². The lowest BCUT2D eigenvalue weighted by atomic mass is 10.1. The summed E-state index contributed by atoms with van der Waals surface area (Å²) in [6.07, 6.45) is 4.68. The van der Waals surface area contributed by atoms with E-state index in [9.17, 15) is 5.26 Å². The molecule has 1 heterocycles. The van der Waals surface area contributed by atoms with Gasteiger partial charge in [0.25, 0.3) is 0 Å². The van der Waals surface area contributed by atoms with Crippen molar-refractivity contribution in [3.05, 3.63) is 94.8 Å². The Morgan fingerprint density at radius 1 is 1.00 bits per heavy atom. The average Bonchev–Trinajstić information content (AvgIpc) is 3.45. The van der Waals surface area contributed by atoms with E-state index in [1.54, 1.807) is 0 Å². The van der Waals surface area contributed by atoms with Gasteiger partial charge in [-0.1, -0.05) is 48.0 Å². The Hall–Kier alpha value is -2.83. The molecule has 27 heavy (non-hydrogen) atoms. The smallest absolute Gasteiger partial charge is 0.0995 e. The molecule has 0 N–H and O–H groups in total. The lowest BCUT2D eigenvalue weighted by Gasteiger charge is -2.23. The molecule has 0 atom stereocenters. The number of hydrogen-bond acceptors (Lipinski definition) is 2. The van der Waals surface area contributed by atoms with Crippen LogP contribution in [0.15, 0.2) is 66.9 Å². The molecule has 1 aliphatic carbocycles. The van der Waals surface area contributed by atoms with Crippen molar-refractivity contribution in [2.75, 3.05) is 0 Å². The summed E-state index contributed by atoms with van der Waals surface area (Å²) in [5, 5.41) is 9.40. The minimum absolute atomic E-state index is 0.638. The van der Waals surface area contributed by atoms with Gasteiger partial charge in [0.05, 0.1) is 11.6 Å². The molecule has 0 unspecified atom stereocenters. The van der Waals surface area contributed by atoms with E-state index in [0.29, 0.717) is 6.04 Å². The first-order valence-corrected chi connectivity index (χ1v) is 9.64. The van der Waals surface area contributed by atoms with Crippen molar-refractivity contribution in [2.45, 2.75) is 45.4 Å². The second-order valence-corrected chi connectivity index (χ2v) is 7.52. The zero-order valence-electron chi connectivity index (χ0n) is 15.8. The first-order chi connectivity index (χ1) is 13.2. The summed E-state index contributed by atoms with van der Waals surface area (Å²) >= 11 is 0. The maximum Gasteiger partial charge on any atom is 0.0995 e. The average molecular weight is 355 g/mol.